The number of halogens is 2. The highest BCUT2D eigenvalue weighted by molar-refractivity contribution is 9.10. The smallest absolute Gasteiger partial charge is 0.156 e. The Morgan fingerprint density at radius 1 is 1.19 bits per heavy atom. The van der Waals surface area contributed by atoms with Crippen molar-refractivity contribution in [3.8, 4) is 5.75 Å². The Bertz CT molecular complexity index is 575. The van der Waals surface area contributed by atoms with E-state index in [9.17, 15) is 0 Å². The van der Waals surface area contributed by atoms with E-state index in [1.54, 1.807) is 0 Å². The summed E-state index contributed by atoms with van der Waals surface area (Å²) in [6.07, 6.45) is 2.11. The number of hydrogen-bond acceptors (Lipinski definition) is 2. The molecular formula is C17H19BrClNO. The van der Waals surface area contributed by atoms with E-state index in [1.807, 2.05) is 25.1 Å². The van der Waals surface area contributed by atoms with Gasteiger partial charge in [-0.05, 0) is 53.4 Å². The van der Waals surface area contributed by atoms with Crippen LogP contribution in [0, 0.1) is 0 Å². The fourth-order valence-electron chi connectivity index (χ4n) is 2.14. The number of aryl methyl sites for hydroxylation is 1. The SMILES string of the molecule is CCOc1c(Br)cc(Cl)cc1NCCCc1ccccc1. The molecule has 0 amide bonds. The van der Waals surface area contributed by atoms with Crippen LogP contribution in [0.15, 0.2) is 46.9 Å². The number of anilines is 1. The van der Waals surface area contributed by atoms with Crippen molar-refractivity contribution in [1.82, 2.24) is 0 Å². The summed E-state index contributed by atoms with van der Waals surface area (Å²) in [6.45, 7) is 3.47. The molecule has 0 aromatic heterocycles. The predicted molar refractivity (Wildman–Crippen MR) is 93.6 cm³/mol. The van der Waals surface area contributed by atoms with Crippen LogP contribution in [-0.4, -0.2) is 13.2 Å². The Balaban J connectivity index is 1.93. The molecule has 2 aromatic rings. The van der Waals surface area contributed by atoms with Crippen molar-refractivity contribution < 1.29 is 4.74 Å². The molecule has 0 fully saturated rings. The molecule has 0 atom stereocenters. The number of hydrogen-bond donors (Lipinski definition) is 1. The molecule has 21 heavy (non-hydrogen) atoms. The van der Waals surface area contributed by atoms with Crippen LogP contribution in [0.5, 0.6) is 5.75 Å². The van der Waals surface area contributed by atoms with Gasteiger partial charge >= 0.3 is 0 Å². The molecule has 0 aliphatic rings. The van der Waals surface area contributed by atoms with Gasteiger partial charge in [-0.25, -0.2) is 0 Å². The zero-order valence-electron chi connectivity index (χ0n) is 12.0. The molecule has 0 saturated carbocycles. The summed E-state index contributed by atoms with van der Waals surface area (Å²) in [7, 11) is 0. The van der Waals surface area contributed by atoms with Gasteiger partial charge < -0.3 is 10.1 Å². The Morgan fingerprint density at radius 3 is 2.67 bits per heavy atom. The van der Waals surface area contributed by atoms with E-state index in [4.69, 9.17) is 16.3 Å². The van der Waals surface area contributed by atoms with Gasteiger partial charge in [0.05, 0.1) is 16.8 Å². The van der Waals surface area contributed by atoms with Crippen molar-refractivity contribution >= 4 is 33.2 Å². The average molecular weight is 369 g/mol. The molecule has 2 aromatic carbocycles. The van der Waals surface area contributed by atoms with Crippen molar-refractivity contribution in [3.05, 3.63) is 57.5 Å². The summed E-state index contributed by atoms with van der Waals surface area (Å²) in [5.41, 5.74) is 2.29. The second-order valence-electron chi connectivity index (χ2n) is 4.71. The standard InChI is InChI=1S/C17H19BrClNO/c1-2-21-17-15(18)11-14(19)12-16(17)20-10-6-9-13-7-4-3-5-8-13/h3-5,7-8,11-12,20H,2,6,9-10H2,1H3. The Morgan fingerprint density at radius 2 is 1.95 bits per heavy atom. The largest absolute Gasteiger partial charge is 0.491 e. The van der Waals surface area contributed by atoms with Gasteiger partial charge in [0.1, 0.15) is 0 Å². The van der Waals surface area contributed by atoms with Crippen molar-refractivity contribution in [2.75, 3.05) is 18.5 Å². The number of benzene rings is 2. The highest BCUT2D eigenvalue weighted by Gasteiger charge is 2.09. The van der Waals surface area contributed by atoms with Crippen LogP contribution in [-0.2, 0) is 6.42 Å². The molecule has 4 heteroatoms. The first-order valence-electron chi connectivity index (χ1n) is 7.10. The van der Waals surface area contributed by atoms with E-state index in [1.165, 1.54) is 5.56 Å². The molecule has 1 N–H and O–H groups in total. The third-order valence-electron chi connectivity index (χ3n) is 3.10. The molecule has 0 aliphatic heterocycles. The normalized spacial score (nSPS) is 10.4. The van der Waals surface area contributed by atoms with E-state index >= 15 is 0 Å². The number of nitrogens with one attached hydrogen (secondary N) is 1. The van der Waals surface area contributed by atoms with Crippen molar-refractivity contribution in [1.29, 1.82) is 0 Å². The molecule has 0 spiro atoms. The Kier molecular flexibility index (Phi) is 6.40. The van der Waals surface area contributed by atoms with Gasteiger partial charge in [-0.3, -0.25) is 0 Å². The second kappa shape index (κ2) is 8.30. The molecular weight excluding hydrogens is 350 g/mol. The topological polar surface area (TPSA) is 21.3 Å². The molecule has 0 radical (unpaired) electrons. The first kappa shape index (κ1) is 16.2. The lowest BCUT2D eigenvalue weighted by Crippen LogP contribution is -2.06. The van der Waals surface area contributed by atoms with Crippen LogP contribution in [0.25, 0.3) is 0 Å². The minimum Gasteiger partial charge on any atom is -0.491 e. The number of rotatable bonds is 7. The Hall–Kier alpha value is -1.19. The zero-order valence-corrected chi connectivity index (χ0v) is 14.4. The third-order valence-corrected chi connectivity index (χ3v) is 3.90. The molecule has 0 aliphatic carbocycles. The molecule has 0 unspecified atom stereocenters. The first-order valence-corrected chi connectivity index (χ1v) is 8.27. The van der Waals surface area contributed by atoms with Crippen LogP contribution in [0.1, 0.15) is 18.9 Å². The van der Waals surface area contributed by atoms with Gasteiger partial charge in [0.25, 0.3) is 0 Å². The maximum absolute atomic E-state index is 6.11. The molecule has 0 saturated heterocycles. The second-order valence-corrected chi connectivity index (χ2v) is 6.00. The van der Waals surface area contributed by atoms with E-state index < -0.39 is 0 Å². The lowest BCUT2D eigenvalue weighted by atomic mass is 10.1. The quantitative estimate of drug-likeness (QED) is 0.647. The lowest BCUT2D eigenvalue weighted by Gasteiger charge is -2.14. The van der Waals surface area contributed by atoms with Crippen LogP contribution in [0.2, 0.25) is 5.02 Å². The molecule has 112 valence electrons. The summed E-state index contributed by atoms with van der Waals surface area (Å²) < 4.78 is 6.55. The lowest BCUT2D eigenvalue weighted by molar-refractivity contribution is 0.339. The third kappa shape index (κ3) is 4.94. The van der Waals surface area contributed by atoms with Crippen molar-refractivity contribution in [3.63, 3.8) is 0 Å². The van der Waals surface area contributed by atoms with Gasteiger partial charge in [-0.2, -0.15) is 0 Å². The summed E-state index contributed by atoms with van der Waals surface area (Å²) in [5.74, 6) is 0.821. The first-order chi connectivity index (χ1) is 10.2. The maximum Gasteiger partial charge on any atom is 0.156 e. The predicted octanol–water partition coefficient (Wildman–Crippen LogP) is 5.55. The maximum atomic E-state index is 6.11. The zero-order chi connectivity index (χ0) is 15.1. The summed E-state index contributed by atoms with van der Waals surface area (Å²) >= 11 is 9.60. The molecule has 0 bridgehead atoms. The molecule has 0 heterocycles. The fraction of sp³-hybridized carbons (Fsp3) is 0.294. The van der Waals surface area contributed by atoms with Gasteiger partial charge in [-0.1, -0.05) is 41.9 Å². The van der Waals surface area contributed by atoms with E-state index in [0.717, 1.165) is 35.3 Å². The average Bonchev–Trinajstić information content (AvgIpc) is 2.48. The molecule has 2 nitrogen and oxygen atoms in total. The van der Waals surface area contributed by atoms with Gasteiger partial charge in [0.15, 0.2) is 5.75 Å². The monoisotopic (exact) mass is 367 g/mol. The highest BCUT2D eigenvalue weighted by atomic mass is 79.9. The van der Waals surface area contributed by atoms with Crippen molar-refractivity contribution in [2.24, 2.45) is 0 Å². The highest BCUT2D eigenvalue weighted by Crippen LogP contribution is 2.36. The van der Waals surface area contributed by atoms with Gasteiger partial charge in [0, 0.05) is 11.6 Å². The van der Waals surface area contributed by atoms with E-state index in [2.05, 4.69) is 45.5 Å². The van der Waals surface area contributed by atoms with Crippen LogP contribution < -0.4 is 10.1 Å². The van der Waals surface area contributed by atoms with E-state index in [-0.39, 0.29) is 0 Å². The van der Waals surface area contributed by atoms with Gasteiger partial charge in [-0.15, -0.1) is 0 Å². The minimum atomic E-state index is 0.624. The minimum absolute atomic E-state index is 0.624. The van der Waals surface area contributed by atoms with E-state index in [0.29, 0.717) is 11.6 Å². The Labute approximate surface area is 139 Å². The van der Waals surface area contributed by atoms with Crippen LogP contribution in [0.3, 0.4) is 0 Å². The molecule has 2 rings (SSSR count). The van der Waals surface area contributed by atoms with Crippen LogP contribution in [0.4, 0.5) is 5.69 Å². The summed E-state index contributed by atoms with van der Waals surface area (Å²) in [5, 5.41) is 4.10. The van der Waals surface area contributed by atoms with Gasteiger partial charge in [0.2, 0.25) is 0 Å². The summed E-state index contributed by atoms with van der Waals surface area (Å²) in [6, 6.07) is 14.2. The number of ether oxygens (including phenoxy) is 1. The van der Waals surface area contributed by atoms with Crippen LogP contribution >= 0.6 is 27.5 Å². The van der Waals surface area contributed by atoms with Crippen molar-refractivity contribution in [2.45, 2.75) is 19.8 Å². The fourth-order valence-corrected chi connectivity index (χ4v) is 3.07. The summed E-state index contributed by atoms with van der Waals surface area (Å²) in [4.78, 5) is 0.